The Balaban J connectivity index is 1.39. The summed E-state index contributed by atoms with van der Waals surface area (Å²) in [5.74, 6) is 0.601. The molecule has 1 aliphatic heterocycles. The zero-order chi connectivity index (χ0) is 21.9. The summed E-state index contributed by atoms with van der Waals surface area (Å²) in [4.78, 5) is 17.2. The Labute approximate surface area is 186 Å². The van der Waals surface area contributed by atoms with Crippen molar-refractivity contribution in [3.8, 4) is 5.75 Å². The van der Waals surface area contributed by atoms with Gasteiger partial charge in [-0.3, -0.25) is 9.69 Å². The number of fused-ring (bicyclic) bond motifs is 2. The van der Waals surface area contributed by atoms with E-state index < -0.39 is 6.10 Å². The number of aliphatic hydroxyl groups is 1. The van der Waals surface area contributed by atoms with E-state index in [2.05, 4.69) is 34.1 Å². The molecule has 4 aromatic rings. The fourth-order valence-electron chi connectivity index (χ4n) is 4.45. The molecule has 0 amide bonds. The predicted octanol–water partition coefficient (Wildman–Crippen LogP) is 4.20. The first-order valence-corrected chi connectivity index (χ1v) is 11.0. The Morgan fingerprint density at radius 2 is 1.72 bits per heavy atom. The highest BCUT2D eigenvalue weighted by atomic mass is 16.5. The monoisotopic (exact) mass is 426 g/mol. The lowest BCUT2D eigenvalue weighted by atomic mass is 9.98. The first-order valence-electron chi connectivity index (χ1n) is 11.0. The fraction of sp³-hybridized carbons (Fsp3) is 0.222. The summed E-state index contributed by atoms with van der Waals surface area (Å²) >= 11 is 0. The van der Waals surface area contributed by atoms with Crippen LogP contribution in [0, 0.1) is 0 Å². The Morgan fingerprint density at radius 1 is 0.938 bits per heavy atom. The minimum atomic E-state index is -0.670. The standard InChI is InChI=1S/C27H26N2O3/c30-24(17-29-15-14-20-8-4-5-9-21(20)16-29)22-10-12-25(27-23(22)11-13-26(31)28-27)32-18-19-6-2-1-3-7-19/h1-13,24,30H,14-18H2,(H,28,31)/t24-/m0/s1. The van der Waals surface area contributed by atoms with Crippen molar-refractivity contribution in [2.45, 2.75) is 25.7 Å². The van der Waals surface area contributed by atoms with E-state index in [1.165, 1.54) is 17.2 Å². The van der Waals surface area contributed by atoms with Gasteiger partial charge in [0.25, 0.3) is 0 Å². The van der Waals surface area contributed by atoms with Crippen molar-refractivity contribution >= 4 is 10.9 Å². The first-order chi connectivity index (χ1) is 15.7. The maximum atomic E-state index is 12.0. The third-order valence-corrected chi connectivity index (χ3v) is 6.13. The summed E-state index contributed by atoms with van der Waals surface area (Å²) in [6, 6.07) is 25.4. The fourth-order valence-corrected chi connectivity index (χ4v) is 4.45. The number of pyridine rings is 1. The normalized spacial score (nSPS) is 14.8. The van der Waals surface area contributed by atoms with Crippen LogP contribution < -0.4 is 10.3 Å². The molecule has 5 nitrogen and oxygen atoms in total. The number of β-amino-alcohol motifs (C(OH)–C–C–N with tert-alkyl or cyclic N) is 1. The Morgan fingerprint density at radius 3 is 2.56 bits per heavy atom. The summed E-state index contributed by atoms with van der Waals surface area (Å²) in [6.07, 6.45) is 0.320. The summed E-state index contributed by atoms with van der Waals surface area (Å²) in [7, 11) is 0. The number of aromatic nitrogens is 1. The average molecular weight is 427 g/mol. The van der Waals surface area contributed by atoms with E-state index in [9.17, 15) is 9.90 Å². The molecule has 0 saturated carbocycles. The van der Waals surface area contributed by atoms with Crippen LogP contribution in [-0.2, 0) is 19.6 Å². The zero-order valence-electron chi connectivity index (χ0n) is 17.8. The summed E-state index contributed by atoms with van der Waals surface area (Å²) in [5.41, 5.74) is 4.98. The minimum absolute atomic E-state index is 0.193. The van der Waals surface area contributed by atoms with Crippen LogP contribution in [0.25, 0.3) is 10.9 Å². The molecule has 2 heterocycles. The van der Waals surface area contributed by atoms with Gasteiger partial charge in [-0.25, -0.2) is 0 Å². The SMILES string of the molecule is O=c1ccc2c([C@@H](O)CN3CCc4ccccc4C3)ccc(OCc3ccccc3)c2[nH]1. The molecule has 3 aromatic carbocycles. The number of aromatic amines is 1. The van der Waals surface area contributed by atoms with Crippen LogP contribution in [0.1, 0.15) is 28.4 Å². The number of H-pyrrole nitrogens is 1. The molecule has 5 heteroatoms. The molecule has 1 aromatic heterocycles. The lowest BCUT2D eigenvalue weighted by Gasteiger charge is -2.30. The highest BCUT2D eigenvalue weighted by Gasteiger charge is 2.21. The number of hydrogen-bond donors (Lipinski definition) is 2. The number of ether oxygens (including phenoxy) is 1. The third-order valence-electron chi connectivity index (χ3n) is 6.13. The molecule has 0 bridgehead atoms. The highest BCUT2D eigenvalue weighted by molar-refractivity contribution is 5.87. The van der Waals surface area contributed by atoms with Gasteiger partial charge in [-0.15, -0.1) is 0 Å². The van der Waals surface area contributed by atoms with Gasteiger partial charge < -0.3 is 14.8 Å². The predicted molar refractivity (Wildman–Crippen MR) is 126 cm³/mol. The molecule has 0 unspecified atom stereocenters. The van der Waals surface area contributed by atoms with Crippen LogP contribution in [0.15, 0.2) is 83.7 Å². The van der Waals surface area contributed by atoms with Gasteiger partial charge in [-0.2, -0.15) is 0 Å². The lowest BCUT2D eigenvalue weighted by molar-refractivity contribution is 0.107. The van der Waals surface area contributed by atoms with E-state index in [0.29, 0.717) is 24.4 Å². The van der Waals surface area contributed by atoms with E-state index in [-0.39, 0.29) is 5.56 Å². The highest BCUT2D eigenvalue weighted by Crippen LogP contribution is 2.31. The summed E-state index contributed by atoms with van der Waals surface area (Å²) in [5, 5.41) is 11.9. The van der Waals surface area contributed by atoms with E-state index in [0.717, 1.165) is 36.0 Å². The third kappa shape index (κ3) is 4.31. The first kappa shape index (κ1) is 20.5. The van der Waals surface area contributed by atoms with Crippen molar-refractivity contribution in [3.63, 3.8) is 0 Å². The number of aliphatic hydroxyl groups excluding tert-OH is 1. The van der Waals surface area contributed by atoms with Gasteiger partial charge in [-0.05, 0) is 40.8 Å². The molecule has 0 saturated heterocycles. The molecular weight excluding hydrogens is 400 g/mol. The second kappa shape index (κ2) is 8.99. The maximum Gasteiger partial charge on any atom is 0.248 e. The van der Waals surface area contributed by atoms with E-state index >= 15 is 0 Å². The molecule has 162 valence electrons. The maximum absolute atomic E-state index is 12.0. The molecule has 0 fully saturated rings. The zero-order valence-corrected chi connectivity index (χ0v) is 17.8. The van der Waals surface area contributed by atoms with Crippen LogP contribution in [0.4, 0.5) is 0 Å². The molecule has 32 heavy (non-hydrogen) atoms. The van der Waals surface area contributed by atoms with Gasteiger partial charge >= 0.3 is 0 Å². The molecule has 1 aliphatic rings. The van der Waals surface area contributed by atoms with Crippen LogP contribution in [0.5, 0.6) is 5.75 Å². The molecule has 0 spiro atoms. The van der Waals surface area contributed by atoms with Crippen LogP contribution in [0.3, 0.4) is 0 Å². The molecular formula is C27H26N2O3. The van der Waals surface area contributed by atoms with Crippen molar-refractivity contribution in [1.82, 2.24) is 9.88 Å². The van der Waals surface area contributed by atoms with Crippen molar-refractivity contribution in [2.75, 3.05) is 13.1 Å². The molecule has 0 aliphatic carbocycles. The van der Waals surface area contributed by atoms with Crippen molar-refractivity contribution in [2.24, 2.45) is 0 Å². The molecule has 0 radical (unpaired) electrons. The second-order valence-electron chi connectivity index (χ2n) is 8.31. The number of rotatable bonds is 6. The van der Waals surface area contributed by atoms with Gasteiger partial charge in [-0.1, -0.05) is 60.7 Å². The van der Waals surface area contributed by atoms with Gasteiger partial charge in [0.15, 0.2) is 0 Å². The largest absolute Gasteiger partial charge is 0.487 e. The van der Waals surface area contributed by atoms with Gasteiger partial charge in [0, 0.05) is 31.1 Å². The number of hydrogen-bond acceptors (Lipinski definition) is 4. The van der Waals surface area contributed by atoms with Gasteiger partial charge in [0.05, 0.1) is 11.6 Å². The van der Waals surface area contributed by atoms with Crippen molar-refractivity contribution in [1.29, 1.82) is 0 Å². The molecule has 1 atom stereocenters. The molecule has 5 rings (SSSR count). The average Bonchev–Trinajstić information content (AvgIpc) is 2.83. The minimum Gasteiger partial charge on any atom is -0.487 e. The number of benzene rings is 3. The Bertz CT molecular complexity index is 1280. The summed E-state index contributed by atoms with van der Waals surface area (Å²) in [6.45, 7) is 2.69. The topological polar surface area (TPSA) is 65.6 Å². The molecule has 2 N–H and O–H groups in total. The van der Waals surface area contributed by atoms with Crippen LogP contribution in [-0.4, -0.2) is 28.1 Å². The Kier molecular flexibility index (Phi) is 5.75. The van der Waals surface area contributed by atoms with Crippen LogP contribution in [0.2, 0.25) is 0 Å². The van der Waals surface area contributed by atoms with Crippen molar-refractivity contribution < 1.29 is 9.84 Å². The van der Waals surface area contributed by atoms with E-state index in [4.69, 9.17) is 4.74 Å². The Hall–Kier alpha value is -3.41. The van der Waals surface area contributed by atoms with Crippen molar-refractivity contribution in [3.05, 3.63) is 111 Å². The smallest absolute Gasteiger partial charge is 0.248 e. The van der Waals surface area contributed by atoms with Crippen LogP contribution >= 0.6 is 0 Å². The quantitative estimate of drug-likeness (QED) is 0.485. The van der Waals surface area contributed by atoms with E-state index in [1.807, 2.05) is 42.5 Å². The lowest BCUT2D eigenvalue weighted by Crippen LogP contribution is -2.34. The second-order valence-corrected chi connectivity index (χ2v) is 8.31. The number of nitrogens with zero attached hydrogens (tertiary/aromatic N) is 1. The summed E-state index contributed by atoms with van der Waals surface area (Å²) < 4.78 is 6.02. The van der Waals surface area contributed by atoms with Gasteiger partial charge in [0.1, 0.15) is 12.4 Å². The van der Waals surface area contributed by atoms with E-state index in [1.54, 1.807) is 6.07 Å². The van der Waals surface area contributed by atoms with Gasteiger partial charge in [0.2, 0.25) is 5.56 Å². The number of nitrogens with one attached hydrogen (secondary N) is 1.